The largest absolute Gasteiger partial charge is 0.481 e. The van der Waals surface area contributed by atoms with Crippen LogP contribution >= 0.6 is 0 Å². The summed E-state index contributed by atoms with van der Waals surface area (Å²) in [6.45, 7) is 0. The van der Waals surface area contributed by atoms with Crippen molar-refractivity contribution in [1.29, 1.82) is 0 Å². The maximum absolute atomic E-state index is 5.40. The first-order chi connectivity index (χ1) is 7.83. The number of hydrogen-bond donors (Lipinski definition) is 1. The van der Waals surface area contributed by atoms with Crippen molar-refractivity contribution in [2.45, 2.75) is 31.4 Å². The van der Waals surface area contributed by atoms with E-state index in [9.17, 15) is 0 Å². The molecule has 0 aromatic carbocycles. The monoisotopic (exact) mass is 223 g/mol. The van der Waals surface area contributed by atoms with Crippen molar-refractivity contribution in [2.75, 3.05) is 19.5 Å². The number of rotatable bonds is 4. The van der Waals surface area contributed by atoms with E-state index < -0.39 is 0 Å². The Morgan fingerprint density at radius 1 is 1.38 bits per heavy atom. The molecule has 1 fully saturated rings. The molecule has 5 nitrogen and oxygen atoms in total. The van der Waals surface area contributed by atoms with Crippen molar-refractivity contribution in [2.24, 2.45) is 0 Å². The molecule has 0 spiro atoms. The van der Waals surface area contributed by atoms with Crippen LogP contribution in [0.25, 0.3) is 0 Å². The van der Waals surface area contributed by atoms with Gasteiger partial charge in [-0.05, 0) is 19.3 Å². The highest BCUT2D eigenvalue weighted by molar-refractivity contribution is 5.29. The zero-order valence-corrected chi connectivity index (χ0v) is 9.64. The molecule has 0 saturated heterocycles. The average Bonchev–Trinajstić information content (AvgIpc) is 2.76. The van der Waals surface area contributed by atoms with Crippen LogP contribution in [-0.2, 0) is 4.74 Å². The van der Waals surface area contributed by atoms with E-state index in [4.69, 9.17) is 9.47 Å². The Morgan fingerprint density at radius 2 is 2.25 bits per heavy atom. The Labute approximate surface area is 95.2 Å². The molecule has 0 amide bonds. The van der Waals surface area contributed by atoms with Crippen LogP contribution in [0.2, 0.25) is 0 Å². The Morgan fingerprint density at radius 3 is 3.00 bits per heavy atom. The first-order valence-corrected chi connectivity index (χ1v) is 5.50. The molecule has 2 unspecified atom stereocenters. The second-order valence-corrected chi connectivity index (χ2v) is 3.88. The predicted molar refractivity (Wildman–Crippen MR) is 60.6 cm³/mol. The van der Waals surface area contributed by atoms with E-state index >= 15 is 0 Å². The van der Waals surface area contributed by atoms with Crippen LogP contribution in [-0.4, -0.2) is 36.3 Å². The molecule has 0 aliphatic heterocycles. The van der Waals surface area contributed by atoms with Crippen LogP contribution in [0.15, 0.2) is 12.3 Å². The number of ether oxygens (including phenoxy) is 2. The second-order valence-electron chi connectivity index (χ2n) is 3.88. The molecule has 1 aromatic rings. The first-order valence-electron chi connectivity index (χ1n) is 5.50. The first kappa shape index (κ1) is 11.1. The van der Waals surface area contributed by atoms with Crippen molar-refractivity contribution >= 4 is 5.95 Å². The van der Waals surface area contributed by atoms with Gasteiger partial charge in [0.2, 0.25) is 11.8 Å². The molecule has 5 heteroatoms. The standard InChI is InChI=1S/C11H17N3O2/c1-15-9-5-3-4-8(9)13-11-12-7-6-10(14-11)16-2/h6-9H,3-5H2,1-2H3,(H,12,13,14). The predicted octanol–water partition coefficient (Wildman–Crippen LogP) is 1.46. The summed E-state index contributed by atoms with van der Waals surface area (Å²) in [4.78, 5) is 8.39. The summed E-state index contributed by atoms with van der Waals surface area (Å²) < 4.78 is 10.5. The van der Waals surface area contributed by atoms with Gasteiger partial charge in [0, 0.05) is 19.4 Å². The van der Waals surface area contributed by atoms with Gasteiger partial charge in [0.25, 0.3) is 0 Å². The lowest BCUT2D eigenvalue weighted by Gasteiger charge is -2.19. The maximum Gasteiger partial charge on any atom is 0.226 e. The third-order valence-corrected chi connectivity index (χ3v) is 2.91. The van der Waals surface area contributed by atoms with E-state index in [1.807, 2.05) is 0 Å². The minimum Gasteiger partial charge on any atom is -0.481 e. The van der Waals surface area contributed by atoms with E-state index in [2.05, 4.69) is 15.3 Å². The Hall–Kier alpha value is -1.36. The lowest BCUT2D eigenvalue weighted by Crippen LogP contribution is -2.30. The Balaban J connectivity index is 2.02. The van der Waals surface area contributed by atoms with Crippen molar-refractivity contribution in [3.05, 3.63) is 12.3 Å². The van der Waals surface area contributed by atoms with Crippen LogP contribution in [0.1, 0.15) is 19.3 Å². The number of hydrogen-bond acceptors (Lipinski definition) is 5. The van der Waals surface area contributed by atoms with Gasteiger partial charge in [-0.2, -0.15) is 4.98 Å². The third-order valence-electron chi connectivity index (χ3n) is 2.91. The summed E-state index contributed by atoms with van der Waals surface area (Å²) in [7, 11) is 3.34. The highest BCUT2D eigenvalue weighted by atomic mass is 16.5. The Kier molecular flexibility index (Phi) is 3.56. The van der Waals surface area contributed by atoms with Gasteiger partial charge >= 0.3 is 0 Å². The molecule has 0 radical (unpaired) electrons. The molecule has 1 aromatic heterocycles. The zero-order chi connectivity index (χ0) is 11.4. The summed E-state index contributed by atoms with van der Waals surface area (Å²) in [5.74, 6) is 1.18. The summed E-state index contributed by atoms with van der Waals surface area (Å²) in [6.07, 6.45) is 5.32. The fourth-order valence-corrected chi connectivity index (χ4v) is 2.06. The van der Waals surface area contributed by atoms with E-state index in [1.165, 1.54) is 6.42 Å². The number of methoxy groups -OCH3 is 2. The molecular formula is C11H17N3O2. The normalized spacial score (nSPS) is 24.4. The Bertz CT molecular complexity index is 346. The van der Waals surface area contributed by atoms with Gasteiger partial charge in [-0.25, -0.2) is 4.98 Å². The molecule has 2 rings (SSSR count). The van der Waals surface area contributed by atoms with Gasteiger partial charge in [0.05, 0.1) is 19.3 Å². The summed E-state index contributed by atoms with van der Waals surface area (Å²) >= 11 is 0. The number of nitrogens with zero attached hydrogens (tertiary/aromatic N) is 2. The van der Waals surface area contributed by atoms with E-state index in [-0.39, 0.29) is 6.10 Å². The fraction of sp³-hybridized carbons (Fsp3) is 0.636. The summed E-state index contributed by atoms with van der Waals surface area (Å²) in [6, 6.07) is 2.03. The van der Waals surface area contributed by atoms with E-state index in [0.29, 0.717) is 17.9 Å². The van der Waals surface area contributed by atoms with Crippen molar-refractivity contribution in [1.82, 2.24) is 9.97 Å². The molecular weight excluding hydrogens is 206 g/mol. The minimum absolute atomic E-state index is 0.259. The smallest absolute Gasteiger partial charge is 0.226 e. The lowest BCUT2D eigenvalue weighted by molar-refractivity contribution is 0.101. The molecule has 0 bridgehead atoms. The van der Waals surface area contributed by atoms with Crippen molar-refractivity contribution < 1.29 is 9.47 Å². The van der Waals surface area contributed by atoms with E-state index in [0.717, 1.165) is 12.8 Å². The van der Waals surface area contributed by atoms with Gasteiger partial charge < -0.3 is 14.8 Å². The average molecular weight is 223 g/mol. The van der Waals surface area contributed by atoms with Gasteiger partial charge in [-0.1, -0.05) is 0 Å². The van der Waals surface area contributed by atoms with Gasteiger partial charge in [-0.3, -0.25) is 0 Å². The van der Waals surface area contributed by atoms with Gasteiger partial charge in [0.15, 0.2) is 0 Å². The highest BCUT2D eigenvalue weighted by Crippen LogP contribution is 2.24. The number of nitrogens with one attached hydrogen (secondary N) is 1. The quantitative estimate of drug-likeness (QED) is 0.837. The van der Waals surface area contributed by atoms with Crippen molar-refractivity contribution in [3.8, 4) is 5.88 Å². The molecule has 88 valence electrons. The molecule has 1 N–H and O–H groups in total. The van der Waals surface area contributed by atoms with Crippen molar-refractivity contribution in [3.63, 3.8) is 0 Å². The lowest BCUT2D eigenvalue weighted by atomic mass is 10.2. The van der Waals surface area contributed by atoms with Crippen LogP contribution in [0.4, 0.5) is 5.95 Å². The second kappa shape index (κ2) is 5.12. The summed E-state index contributed by atoms with van der Waals surface area (Å²) in [5, 5.41) is 3.29. The molecule has 1 aliphatic carbocycles. The van der Waals surface area contributed by atoms with E-state index in [1.54, 1.807) is 26.5 Å². The summed E-state index contributed by atoms with van der Waals surface area (Å²) in [5.41, 5.74) is 0. The minimum atomic E-state index is 0.259. The molecule has 2 atom stereocenters. The highest BCUT2D eigenvalue weighted by Gasteiger charge is 2.27. The number of aromatic nitrogens is 2. The van der Waals surface area contributed by atoms with Gasteiger partial charge in [-0.15, -0.1) is 0 Å². The van der Waals surface area contributed by atoms with Crippen LogP contribution in [0.3, 0.4) is 0 Å². The molecule has 1 aliphatic rings. The van der Waals surface area contributed by atoms with Crippen LogP contribution in [0, 0.1) is 0 Å². The zero-order valence-electron chi connectivity index (χ0n) is 9.64. The number of anilines is 1. The molecule has 1 heterocycles. The molecule has 16 heavy (non-hydrogen) atoms. The third kappa shape index (κ3) is 2.41. The van der Waals surface area contributed by atoms with Gasteiger partial charge in [0.1, 0.15) is 0 Å². The molecule has 1 saturated carbocycles. The fourth-order valence-electron chi connectivity index (χ4n) is 2.06. The maximum atomic E-state index is 5.40. The SMILES string of the molecule is COc1ccnc(NC2CCCC2OC)n1. The van der Waals surface area contributed by atoms with Crippen LogP contribution in [0.5, 0.6) is 5.88 Å². The topological polar surface area (TPSA) is 56.3 Å². The van der Waals surface area contributed by atoms with Crippen LogP contribution < -0.4 is 10.1 Å².